The summed E-state index contributed by atoms with van der Waals surface area (Å²) >= 11 is 0. The average molecular weight is 334 g/mol. The van der Waals surface area contributed by atoms with Crippen molar-refractivity contribution in [3.05, 3.63) is 18.0 Å². The summed E-state index contributed by atoms with van der Waals surface area (Å²) in [5, 5.41) is 4.19. The average Bonchev–Trinajstić information content (AvgIpc) is 3.43. The summed E-state index contributed by atoms with van der Waals surface area (Å²) in [6.45, 7) is 1.77. The first kappa shape index (κ1) is 16.1. The molecular weight excluding hydrogens is 307 g/mol. The van der Waals surface area contributed by atoms with Gasteiger partial charge in [-0.3, -0.25) is 14.4 Å². The van der Waals surface area contributed by atoms with E-state index in [2.05, 4.69) is 10.00 Å². The van der Waals surface area contributed by atoms with Crippen LogP contribution in [0.1, 0.15) is 31.4 Å². The summed E-state index contributed by atoms with van der Waals surface area (Å²) in [5.41, 5.74) is 1.08. The standard InChI is InChI=1S/C18H27FN4O/c1-21(18(24)17-8-16(17)12-3-4-12)10-15-7-13(19)9-23(15)11-14-5-6-20-22(14)2/h5-6,12-13,15-17H,3-4,7-11H2,1-2H3/t13-,15-,16-,17+/m0/s1. The Kier molecular flexibility index (Phi) is 4.11. The van der Waals surface area contributed by atoms with Crippen LogP contribution >= 0.6 is 0 Å². The van der Waals surface area contributed by atoms with Crippen molar-refractivity contribution in [2.45, 2.75) is 44.4 Å². The van der Waals surface area contributed by atoms with Crippen molar-refractivity contribution in [1.82, 2.24) is 19.6 Å². The Bertz CT molecular complexity index is 614. The van der Waals surface area contributed by atoms with E-state index in [1.807, 2.05) is 29.7 Å². The SMILES string of the molecule is CN(C[C@@H]1C[C@H](F)CN1Cc1ccnn1C)C(=O)[C@@H]1C[C@H]1C1CC1. The third-order valence-electron chi connectivity index (χ3n) is 6.01. The predicted molar refractivity (Wildman–Crippen MR) is 88.9 cm³/mol. The van der Waals surface area contributed by atoms with Crippen molar-refractivity contribution in [3.8, 4) is 0 Å². The number of nitrogens with zero attached hydrogens (tertiary/aromatic N) is 4. The van der Waals surface area contributed by atoms with E-state index in [-0.39, 0.29) is 17.9 Å². The van der Waals surface area contributed by atoms with Crippen LogP contribution in [0.25, 0.3) is 0 Å². The lowest BCUT2D eigenvalue weighted by Gasteiger charge is -2.28. The number of amides is 1. The highest BCUT2D eigenvalue weighted by Gasteiger charge is 2.52. The van der Waals surface area contributed by atoms with Gasteiger partial charge in [-0.05, 0) is 43.6 Å². The molecule has 2 heterocycles. The zero-order valence-corrected chi connectivity index (χ0v) is 14.6. The van der Waals surface area contributed by atoms with Crippen LogP contribution in [0.15, 0.2) is 12.3 Å². The fraction of sp³-hybridized carbons (Fsp3) is 0.778. The maximum Gasteiger partial charge on any atom is 0.225 e. The van der Waals surface area contributed by atoms with Crippen molar-refractivity contribution in [3.63, 3.8) is 0 Å². The minimum absolute atomic E-state index is 0.0991. The number of likely N-dealkylation sites (tertiary alicyclic amines) is 1. The van der Waals surface area contributed by atoms with Gasteiger partial charge in [-0.15, -0.1) is 0 Å². The lowest BCUT2D eigenvalue weighted by molar-refractivity contribution is -0.132. The number of rotatable bonds is 6. The van der Waals surface area contributed by atoms with Gasteiger partial charge < -0.3 is 4.90 Å². The van der Waals surface area contributed by atoms with Crippen LogP contribution in [0.4, 0.5) is 4.39 Å². The first-order chi connectivity index (χ1) is 11.5. The number of aryl methyl sites for hydroxylation is 1. The zero-order valence-electron chi connectivity index (χ0n) is 14.6. The molecule has 0 spiro atoms. The third-order valence-corrected chi connectivity index (χ3v) is 6.01. The number of hydrogen-bond acceptors (Lipinski definition) is 3. The Morgan fingerprint density at radius 2 is 2.21 bits per heavy atom. The van der Waals surface area contributed by atoms with E-state index in [0.717, 1.165) is 18.0 Å². The highest BCUT2D eigenvalue weighted by molar-refractivity contribution is 5.81. The maximum atomic E-state index is 14.0. The van der Waals surface area contributed by atoms with Crippen molar-refractivity contribution >= 4 is 5.91 Å². The fourth-order valence-electron chi connectivity index (χ4n) is 4.30. The molecule has 0 radical (unpaired) electrons. The lowest BCUT2D eigenvalue weighted by atomic mass is 10.1. The summed E-state index contributed by atoms with van der Waals surface area (Å²) in [4.78, 5) is 16.6. The van der Waals surface area contributed by atoms with E-state index < -0.39 is 6.17 Å². The fourth-order valence-corrected chi connectivity index (χ4v) is 4.30. The molecule has 24 heavy (non-hydrogen) atoms. The molecule has 132 valence electrons. The molecule has 1 amide bonds. The highest BCUT2D eigenvalue weighted by atomic mass is 19.1. The smallest absolute Gasteiger partial charge is 0.225 e. The molecular formula is C18H27FN4O. The molecule has 4 rings (SSSR count). The maximum absolute atomic E-state index is 14.0. The number of carbonyl (C=O) groups excluding carboxylic acids is 1. The highest BCUT2D eigenvalue weighted by Crippen LogP contribution is 2.54. The third kappa shape index (κ3) is 3.21. The monoisotopic (exact) mass is 334 g/mol. The molecule has 3 fully saturated rings. The van der Waals surface area contributed by atoms with Crippen LogP contribution in [-0.2, 0) is 18.4 Å². The van der Waals surface area contributed by atoms with Crippen LogP contribution in [0.3, 0.4) is 0 Å². The number of halogens is 1. The largest absolute Gasteiger partial charge is 0.344 e. The van der Waals surface area contributed by atoms with Gasteiger partial charge in [0.25, 0.3) is 0 Å². The van der Waals surface area contributed by atoms with Crippen LogP contribution in [0, 0.1) is 17.8 Å². The quantitative estimate of drug-likeness (QED) is 0.797. The zero-order chi connectivity index (χ0) is 16.8. The summed E-state index contributed by atoms with van der Waals surface area (Å²) in [6.07, 6.45) is 5.18. The summed E-state index contributed by atoms with van der Waals surface area (Å²) in [5.74, 6) is 1.98. The normalized spacial score (nSPS) is 33.0. The Balaban J connectivity index is 1.35. The molecule has 0 bridgehead atoms. The molecule has 0 N–H and O–H groups in total. The van der Waals surface area contributed by atoms with E-state index in [4.69, 9.17) is 0 Å². The minimum Gasteiger partial charge on any atom is -0.344 e. The predicted octanol–water partition coefficient (Wildman–Crippen LogP) is 1.84. The molecule has 5 nitrogen and oxygen atoms in total. The molecule has 2 saturated carbocycles. The van der Waals surface area contributed by atoms with Crippen LogP contribution < -0.4 is 0 Å². The van der Waals surface area contributed by atoms with Gasteiger partial charge in [-0.25, -0.2) is 4.39 Å². The van der Waals surface area contributed by atoms with Gasteiger partial charge in [0.15, 0.2) is 0 Å². The van der Waals surface area contributed by atoms with E-state index in [0.29, 0.717) is 32.0 Å². The minimum atomic E-state index is -0.799. The molecule has 1 saturated heterocycles. The van der Waals surface area contributed by atoms with Crippen molar-refractivity contribution in [1.29, 1.82) is 0 Å². The molecule has 0 aromatic carbocycles. The Morgan fingerprint density at radius 1 is 1.42 bits per heavy atom. The molecule has 0 unspecified atom stereocenters. The summed E-state index contributed by atoms with van der Waals surface area (Å²) in [7, 11) is 3.80. The Labute approximate surface area is 142 Å². The Hall–Kier alpha value is -1.43. The number of likely N-dealkylation sites (N-methyl/N-ethyl adjacent to an activating group) is 1. The summed E-state index contributed by atoms with van der Waals surface area (Å²) < 4.78 is 15.8. The second kappa shape index (κ2) is 6.14. The topological polar surface area (TPSA) is 41.4 Å². The second-order valence-electron chi connectivity index (χ2n) is 7.92. The number of carbonyl (C=O) groups is 1. The van der Waals surface area contributed by atoms with Crippen LogP contribution in [0.5, 0.6) is 0 Å². The van der Waals surface area contributed by atoms with Crippen molar-refractivity contribution in [2.24, 2.45) is 24.8 Å². The molecule has 1 aromatic heterocycles. The van der Waals surface area contributed by atoms with Crippen LogP contribution in [-0.4, -0.2) is 57.8 Å². The van der Waals surface area contributed by atoms with Crippen molar-refractivity contribution < 1.29 is 9.18 Å². The van der Waals surface area contributed by atoms with Gasteiger partial charge in [0, 0.05) is 51.9 Å². The molecule has 1 aromatic rings. The van der Waals surface area contributed by atoms with Gasteiger partial charge in [0.05, 0.1) is 5.69 Å². The van der Waals surface area contributed by atoms with E-state index >= 15 is 0 Å². The van der Waals surface area contributed by atoms with Gasteiger partial charge in [-0.2, -0.15) is 5.10 Å². The van der Waals surface area contributed by atoms with Gasteiger partial charge >= 0.3 is 0 Å². The van der Waals surface area contributed by atoms with E-state index in [1.54, 1.807) is 6.20 Å². The first-order valence-electron chi connectivity index (χ1n) is 9.13. The first-order valence-corrected chi connectivity index (χ1v) is 9.13. The Morgan fingerprint density at radius 3 is 2.88 bits per heavy atom. The molecule has 4 atom stereocenters. The number of alkyl halides is 1. The van der Waals surface area contributed by atoms with Gasteiger partial charge in [-0.1, -0.05) is 0 Å². The second-order valence-corrected chi connectivity index (χ2v) is 7.92. The van der Waals surface area contributed by atoms with Crippen LogP contribution in [0.2, 0.25) is 0 Å². The number of hydrogen-bond donors (Lipinski definition) is 0. The molecule has 1 aliphatic heterocycles. The molecule has 2 aliphatic carbocycles. The number of aromatic nitrogens is 2. The van der Waals surface area contributed by atoms with Gasteiger partial charge in [0.2, 0.25) is 5.91 Å². The van der Waals surface area contributed by atoms with Gasteiger partial charge in [0.1, 0.15) is 6.17 Å². The summed E-state index contributed by atoms with van der Waals surface area (Å²) in [6, 6.07) is 2.07. The van der Waals surface area contributed by atoms with E-state index in [1.165, 1.54) is 12.8 Å². The molecule has 6 heteroatoms. The molecule has 3 aliphatic rings. The lowest BCUT2D eigenvalue weighted by Crippen LogP contribution is -2.41. The van der Waals surface area contributed by atoms with Crippen molar-refractivity contribution in [2.75, 3.05) is 20.1 Å². The van der Waals surface area contributed by atoms with E-state index in [9.17, 15) is 9.18 Å².